The molecule has 32 heavy (non-hydrogen) atoms. The van der Waals surface area contributed by atoms with Gasteiger partial charge in [-0.25, -0.2) is 4.98 Å². The highest BCUT2D eigenvalue weighted by atomic mass is 35.5. The average Bonchev–Trinajstić information content (AvgIpc) is 3.37. The van der Waals surface area contributed by atoms with Crippen LogP contribution in [0.2, 0.25) is 5.28 Å². The zero-order chi connectivity index (χ0) is 22.3. The quantitative estimate of drug-likeness (QED) is 0.520. The molecule has 2 heterocycles. The van der Waals surface area contributed by atoms with Crippen molar-refractivity contribution in [2.24, 2.45) is 5.92 Å². The van der Waals surface area contributed by atoms with Crippen LogP contribution < -0.4 is 10.6 Å². The van der Waals surface area contributed by atoms with E-state index in [-0.39, 0.29) is 17.1 Å². The molecule has 1 aromatic carbocycles. The number of carbonyl (C=O) groups excluding carboxylic acids is 1. The molecule has 8 heteroatoms. The molecular formula is C24H25ClN6O. The zero-order valence-corrected chi connectivity index (χ0v) is 18.4. The first kappa shape index (κ1) is 21.8. The maximum Gasteiger partial charge on any atom is 0.243 e. The number of benzene rings is 1. The number of halogens is 1. The number of anilines is 1. The SMILES string of the molecule is N#Cc1ccc(CNC(=O)[C@H](Nc2cc(-n3cccc3)nc(Cl)n2)C2CCCCC2)cc1. The fourth-order valence-electron chi connectivity index (χ4n) is 4.12. The lowest BCUT2D eigenvalue weighted by molar-refractivity contribution is -0.123. The molecule has 1 amide bonds. The molecule has 0 radical (unpaired) electrons. The first-order valence-electron chi connectivity index (χ1n) is 10.8. The van der Waals surface area contributed by atoms with E-state index < -0.39 is 6.04 Å². The second kappa shape index (κ2) is 10.3. The van der Waals surface area contributed by atoms with Crippen LogP contribution in [-0.2, 0) is 11.3 Å². The van der Waals surface area contributed by atoms with Crippen molar-refractivity contribution in [1.29, 1.82) is 5.26 Å². The minimum absolute atomic E-state index is 0.0708. The van der Waals surface area contributed by atoms with Crippen LogP contribution in [0.4, 0.5) is 5.82 Å². The van der Waals surface area contributed by atoms with Gasteiger partial charge < -0.3 is 15.2 Å². The molecule has 164 valence electrons. The predicted octanol–water partition coefficient (Wildman–Crippen LogP) is 4.47. The number of nitrogens with one attached hydrogen (secondary N) is 2. The molecule has 2 aromatic heterocycles. The van der Waals surface area contributed by atoms with Crippen molar-refractivity contribution in [2.45, 2.75) is 44.7 Å². The maximum atomic E-state index is 13.2. The number of rotatable bonds is 7. The van der Waals surface area contributed by atoms with Crippen molar-refractivity contribution in [3.05, 3.63) is 71.3 Å². The van der Waals surface area contributed by atoms with Crippen molar-refractivity contribution in [2.75, 3.05) is 5.32 Å². The molecule has 1 fully saturated rings. The van der Waals surface area contributed by atoms with Gasteiger partial charge >= 0.3 is 0 Å². The molecule has 3 aromatic rings. The van der Waals surface area contributed by atoms with Gasteiger partial charge in [0.25, 0.3) is 0 Å². The van der Waals surface area contributed by atoms with Gasteiger partial charge in [0, 0.05) is 25.0 Å². The second-order valence-electron chi connectivity index (χ2n) is 8.02. The molecule has 0 unspecified atom stereocenters. The van der Waals surface area contributed by atoms with E-state index in [4.69, 9.17) is 16.9 Å². The summed E-state index contributed by atoms with van der Waals surface area (Å²) in [6.07, 6.45) is 9.18. The molecule has 1 atom stereocenters. The number of nitrogens with zero attached hydrogens (tertiary/aromatic N) is 4. The van der Waals surface area contributed by atoms with E-state index >= 15 is 0 Å². The summed E-state index contributed by atoms with van der Waals surface area (Å²) in [5.41, 5.74) is 1.54. The Labute approximate surface area is 192 Å². The summed E-state index contributed by atoms with van der Waals surface area (Å²) in [5, 5.41) is 15.5. The molecule has 0 aliphatic heterocycles. The summed E-state index contributed by atoms with van der Waals surface area (Å²) in [5.74, 6) is 1.31. The van der Waals surface area contributed by atoms with E-state index in [0.717, 1.165) is 31.2 Å². The number of nitriles is 1. The van der Waals surface area contributed by atoms with E-state index in [2.05, 4.69) is 26.7 Å². The van der Waals surface area contributed by atoms with E-state index in [9.17, 15) is 4.79 Å². The largest absolute Gasteiger partial charge is 0.358 e. The monoisotopic (exact) mass is 448 g/mol. The predicted molar refractivity (Wildman–Crippen MR) is 123 cm³/mol. The molecule has 0 bridgehead atoms. The average molecular weight is 449 g/mol. The Bertz CT molecular complexity index is 1080. The third kappa shape index (κ3) is 5.45. The Hall–Kier alpha value is -3.37. The Balaban J connectivity index is 1.51. The smallest absolute Gasteiger partial charge is 0.243 e. The van der Waals surface area contributed by atoms with Crippen LogP contribution in [0.5, 0.6) is 0 Å². The lowest BCUT2D eigenvalue weighted by Gasteiger charge is -2.30. The maximum absolute atomic E-state index is 13.2. The Morgan fingerprint density at radius 1 is 1.16 bits per heavy atom. The molecule has 4 rings (SSSR count). The summed E-state index contributed by atoms with van der Waals surface area (Å²) < 4.78 is 1.85. The van der Waals surface area contributed by atoms with Crippen LogP contribution in [0.25, 0.3) is 5.82 Å². The lowest BCUT2D eigenvalue weighted by Crippen LogP contribution is -2.45. The van der Waals surface area contributed by atoms with E-state index in [0.29, 0.717) is 23.7 Å². The first-order valence-corrected chi connectivity index (χ1v) is 11.2. The van der Waals surface area contributed by atoms with Gasteiger partial charge in [0.05, 0.1) is 11.6 Å². The van der Waals surface area contributed by atoms with Gasteiger partial charge in [0.15, 0.2) is 0 Å². The van der Waals surface area contributed by atoms with E-state index in [1.807, 2.05) is 41.2 Å². The number of aromatic nitrogens is 3. The Morgan fingerprint density at radius 3 is 2.56 bits per heavy atom. The Kier molecular flexibility index (Phi) is 7.03. The van der Waals surface area contributed by atoms with Crippen molar-refractivity contribution in [1.82, 2.24) is 19.9 Å². The van der Waals surface area contributed by atoms with Gasteiger partial charge in [0.1, 0.15) is 17.7 Å². The van der Waals surface area contributed by atoms with E-state index in [1.165, 1.54) is 6.42 Å². The fourth-order valence-corrected chi connectivity index (χ4v) is 4.30. The molecule has 2 N–H and O–H groups in total. The minimum Gasteiger partial charge on any atom is -0.358 e. The summed E-state index contributed by atoms with van der Waals surface area (Å²) in [6, 6.07) is 14.5. The van der Waals surface area contributed by atoms with Gasteiger partial charge in [-0.3, -0.25) is 4.79 Å². The van der Waals surface area contributed by atoms with Crippen LogP contribution in [0.3, 0.4) is 0 Å². The van der Waals surface area contributed by atoms with Gasteiger partial charge in [-0.05, 0) is 60.2 Å². The summed E-state index contributed by atoms with van der Waals surface area (Å²) in [6.45, 7) is 0.397. The van der Waals surface area contributed by atoms with Crippen molar-refractivity contribution in [3.8, 4) is 11.9 Å². The zero-order valence-electron chi connectivity index (χ0n) is 17.7. The molecular weight excluding hydrogens is 424 g/mol. The third-order valence-corrected chi connectivity index (χ3v) is 5.98. The van der Waals surface area contributed by atoms with Crippen LogP contribution in [0, 0.1) is 17.2 Å². The fraction of sp³-hybridized carbons (Fsp3) is 0.333. The lowest BCUT2D eigenvalue weighted by atomic mass is 9.83. The second-order valence-corrected chi connectivity index (χ2v) is 8.36. The molecule has 1 aliphatic rings. The van der Waals surface area contributed by atoms with Crippen LogP contribution >= 0.6 is 11.6 Å². The van der Waals surface area contributed by atoms with E-state index in [1.54, 1.807) is 18.2 Å². The first-order chi connectivity index (χ1) is 15.6. The number of carbonyl (C=O) groups is 1. The van der Waals surface area contributed by atoms with Gasteiger partial charge in [-0.2, -0.15) is 10.2 Å². The van der Waals surface area contributed by atoms with Crippen molar-refractivity contribution in [3.63, 3.8) is 0 Å². The van der Waals surface area contributed by atoms with Gasteiger partial charge in [0.2, 0.25) is 11.2 Å². The van der Waals surface area contributed by atoms with Crippen LogP contribution in [0.15, 0.2) is 54.9 Å². The summed E-state index contributed by atoms with van der Waals surface area (Å²) in [7, 11) is 0. The highest BCUT2D eigenvalue weighted by Gasteiger charge is 2.30. The van der Waals surface area contributed by atoms with Crippen LogP contribution in [0.1, 0.15) is 43.2 Å². The molecule has 0 saturated heterocycles. The highest BCUT2D eigenvalue weighted by molar-refractivity contribution is 6.28. The number of hydrogen-bond donors (Lipinski definition) is 2. The summed E-state index contributed by atoms with van der Waals surface area (Å²) in [4.78, 5) is 21.8. The van der Waals surface area contributed by atoms with Crippen LogP contribution in [-0.4, -0.2) is 26.5 Å². The number of amides is 1. The van der Waals surface area contributed by atoms with Crippen molar-refractivity contribution >= 4 is 23.3 Å². The highest BCUT2D eigenvalue weighted by Crippen LogP contribution is 2.29. The standard InChI is InChI=1S/C24H25ClN6O/c25-24-29-20(14-21(30-24)31-12-4-5-13-31)28-22(19-6-2-1-3-7-19)23(32)27-16-18-10-8-17(15-26)9-11-18/h4-5,8-14,19,22H,1-3,6-7,16H2,(H,27,32)(H,28,29,30)/t22-/m1/s1. The third-order valence-electron chi connectivity index (χ3n) is 5.81. The number of hydrogen-bond acceptors (Lipinski definition) is 5. The molecule has 0 spiro atoms. The Morgan fingerprint density at radius 2 is 1.88 bits per heavy atom. The van der Waals surface area contributed by atoms with Gasteiger partial charge in [-0.1, -0.05) is 31.4 Å². The minimum atomic E-state index is -0.419. The topological polar surface area (TPSA) is 95.6 Å². The summed E-state index contributed by atoms with van der Waals surface area (Å²) >= 11 is 6.18. The van der Waals surface area contributed by atoms with Gasteiger partial charge in [-0.15, -0.1) is 0 Å². The molecule has 1 saturated carbocycles. The molecule has 7 nitrogen and oxygen atoms in total. The normalized spacial score (nSPS) is 15.0. The van der Waals surface area contributed by atoms with Crippen molar-refractivity contribution < 1.29 is 4.79 Å². The molecule has 1 aliphatic carbocycles.